The molecule has 0 aliphatic carbocycles. The Morgan fingerprint density at radius 2 is 1.94 bits per heavy atom. The maximum absolute atomic E-state index is 7.61. The highest BCUT2D eigenvalue weighted by molar-refractivity contribution is 5.84. The summed E-state index contributed by atoms with van der Waals surface area (Å²) in [5.41, 5.74) is 7.60. The highest BCUT2D eigenvalue weighted by atomic mass is 14.9. The second-order valence-electron chi connectivity index (χ2n) is 8.24. The molecule has 0 fully saturated rings. The monoisotopic (exact) mass is 439 g/mol. The number of hydrogen-bond donors (Lipinski definition) is 2. The molecular formula is C30H37N3. The first-order valence-electron chi connectivity index (χ1n) is 11.6. The molecule has 0 saturated heterocycles. The smallest absolute Gasteiger partial charge is 0.138 e. The van der Waals surface area contributed by atoms with Crippen molar-refractivity contribution in [3.63, 3.8) is 0 Å². The lowest BCUT2D eigenvalue weighted by molar-refractivity contribution is 0.957. The van der Waals surface area contributed by atoms with Crippen molar-refractivity contribution in [2.45, 2.75) is 53.9 Å². The Kier molecular flexibility index (Phi) is 9.35. The third-order valence-corrected chi connectivity index (χ3v) is 5.66. The Labute approximate surface area is 198 Å². The fraction of sp³-hybridized carbons (Fsp3) is 0.267. The van der Waals surface area contributed by atoms with Gasteiger partial charge in [-0.1, -0.05) is 76.5 Å². The van der Waals surface area contributed by atoms with Crippen LogP contribution in [-0.2, 0) is 0 Å². The molecule has 33 heavy (non-hydrogen) atoms. The van der Waals surface area contributed by atoms with E-state index >= 15 is 0 Å². The molecule has 2 rings (SSSR count). The lowest BCUT2D eigenvalue weighted by atomic mass is 9.97. The molecule has 0 aromatic carbocycles. The molecule has 1 aliphatic rings. The second-order valence-corrected chi connectivity index (χ2v) is 8.24. The summed E-state index contributed by atoms with van der Waals surface area (Å²) < 4.78 is 0. The molecule has 2 heterocycles. The predicted octanol–water partition coefficient (Wildman–Crippen LogP) is 5.24. The van der Waals surface area contributed by atoms with Gasteiger partial charge in [-0.25, -0.2) is 4.99 Å². The number of nitrogens with zero attached hydrogens (tertiary/aromatic N) is 1. The summed E-state index contributed by atoms with van der Waals surface area (Å²) in [4.78, 5) is 8.21. The highest BCUT2D eigenvalue weighted by Gasteiger charge is 2.10. The van der Waals surface area contributed by atoms with E-state index in [1.165, 1.54) is 11.8 Å². The molecule has 0 amide bonds. The molecule has 0 unspecified atom stereocenters. The van der Waals surface area contributed by atoms with E-state index in [-0.39, 0.29) is 0 Å². The van der Waals surface area contributed by atoms with Gasteiger partial charge in [0.25, 0.3) is 0 Å². The van der Waals surface area contributed by atoms with Crippen LogP contribution in [0.3, 0.4) is 0 Å². The molecule has 0 saturated carbocycles. The first kappa shape index (κ1) is 25.8. The zero-order valence-electron chi connectivity index (χ0n) is 20.8. The topological polar surface area (TPSA) is 52.0 Å². The van der Waals surface area contributed by atoms with E-state index < -0.39 is 0 Å². The van der Waals surface area contributed by atoms with Crippen LogP contribution in [0.15, 0.2) is 87.7 Å². The van der Waals surface area contributed by atoms with Crippen molar-refractivity contribution in [1.82, 2.24) is 4.98 Å². The molecule has 0 radical (unpaired) electrons. The fourth-order valence-electron chi connectivity index (χ4n) is 3.99. The number of allylic oxidation sites excluding steroid dienone is 12. The van der Waals surface area contributed by atoms with Crippen LogP contribution < -0.4 is 21.3 Å². The molecule has 1 aromatic heterocycles. The lowest BCUT2D eigenvalue weighted by Gasteiger charge is -2.10. The minimum absolute atomic E-state index is 0.649. The van der Waals surface area contributed by atoms with Gasteiger partial charge in [-0.15, -0.1) is 0 Å². The maximum Gasteiger partial charge on any atom is 0.138 e. The van der Waals surface area contributed by atoms with Crippen molar-refractivity contribution in [1.29, 1.82) is 5.41 Å². The third kappa shape index (κ3) is 6.07. The van der Waals surface area contributed by atoms with E-state index in [0.29, 0.717) is 5.57 Å². The van der Waals surface area contributed by atoms with E-state index in [0.717, 1.165) is 68.5 Å². The van der Waals surface area contributed by atoms with Crippen LogP contribution in [0.1, 0.15) is 53.9 Å². The average molecular weight is 440 g/mol. The normalized spacial score (nSPS) is 21.5. The number of aromatic nitrogens is 1. The van der Waals surface area contributed by atoms with Crippen LogP contribution in [0, 0.1) is 5.41 Å². The molecule has 0 bridgehead atoms. The number of rotatable bonds is 9. The molecule has 3 nitrogen and oxygen atoms in total. The molecule has 0 atom stereocenters. The highest BCUT2D eigenvalue weighted by Crippen LogP contribution is 2.22. The number of aromatic amines is 1. The van der Waals surface area contributed by atoms with Gasteiger partial charge in [0, 0.05) is 33.3 Å². The van der Waals surface area contributed by atoms with E-state index in [1.54, 1.807) is 0 Å². The first-order chi connectivity index (χ1) is 15.8. The quantitative estimate of drug-likeness (QED) is 0.391. The summed E-state index contributed by atoms with van der Waals surface area (Å²) in [5, 5.41) is 10.5. The van der Waals surface area contributed by atoms with Crippen LogP contribution in [0.4, 0.5) is 0 Å². The Morgan fingerprint density at radius 1 is 1.21 bits per heavy atom. The summed E-state index contributed by atoms with van der Waals surface area (Å²) in [6, 6.07) is 0. The van der Waals surface area contributed by atoms with Gasteiger partial charge in [0.1, 0.15) is 5.49 Å². The molecule has 2 N–H and O–H groups in total. The van der Waals surface area contributed by atoms with Gasteiger partial charge < -0.3 is 10.4 Å². The largest absolute Gasteiger partial charge is 0.340 e. The summed E-state index contributed by atoms with van der Waals surface area (Å²) in [5.74, 6) is 0. The summed E-state index contributed by atoms with van der Waals surface area (Å²) >= 11 is 0. The minimum atomic E-state index is 0.649. The van der Waals surface area contributed by atoms with Gasteiger partial charge in [-0.05, 0) is 67.6 Å². The molecule has 1 aliphatic heterocycles. The van der Waals surface area contributed by atoms with E-state index in [1.807, 2.05) is 19.9 Å². The van der Waals surface area contributed by atoms with Gasteiger partial charge in [-0.2, -0.15) is 0 Å². The van der Waals surface area contributed by atoms with Crippen LogP contribution in [0.2, 0.25) is 0 Å². The van der Waals surface area contributed by atoms with Crippen molar-refractivity contribution in [3.8, 4) is 0 Å². The Balaban J connectivity index is 2.84. The van der Waals surface area contributed by atoms with Gasteiger partial charge in [0.2, 0.25) is 0 Å². The SMILES string of the molecule is C=CC(\C(=C/CC)\C=c1/c(=C)[nH]c2/c1=C\C=C(C)/C(C(=C)C=N)=C(C)\N=2)=C(C)/C=C\CCC. The lowest BCUT2D eigenvalue weighted by Crippen LogP contribution is -2.37. The zero-order chi connectivity index (χ0) is 24.5. The predicted molar refractivity (Wildman–Crippen MR) is 145 cm³/mol. The molecule has 172 valence electrons. The van der Waals surface area contributed by atoms with Crippen molar-refractivity contribution in [2.24, 2.45) is 4.99 Å². The Bertz CT molecular complexity index is 1330. The van der Waals surface area contributed by atoms with Crippen molar-refractivity contribution in [2.75, 3.05) is 0 Å². The Hall–Kier alpha value is -3.46. The number of H-pyrrole nitrogens is 1. The minimum Gasteiger partial charge on any atom is -0.340 e. The van der Waals surface area contributed by atoms with Crippen LogP contribution in [0.25, 0.3) is 18.7 Å². The number of nitrogens with one attached hydrogen (secondary N) is 2. The molecular weight excluding hydrogens is 402 g/mol. The molecule has 0 spiro atoms. The van der Waals surface area contributed by atoms with Crippen LogP contribution in [0.5, 0.6) is 0 Å². The van der Waals surface area contributed by atoms with E-state index in [4.69, 9.17) is 10.4 Å². The van der Waals surface area contributed by atoms with Crippen molar-refractivity contribution in [3.05, 3.63) is 104 Å². The summed E-state index contributed by atoms with van der Waals surface area (Å²) in [6.45, 7) is 22.8. The zero-order valence-corrected chi connectivity index (χ0v) is 20.8. The fourth-order valence-corrected chi connectivity index (χ4v) is 3.99. The van der Waals surface area contributed by atoms with Gasteiger partial charge in [0.15, 0.2) is 0 Å². The van der Waals surface area contributed by atoms with E-state index in [2.05, 4.69) is 81.9 Å². The van der Waals surface area contributed by atoms with Crippen LogP contribution >= 0.6 is 0 Å². The van der Waals surface area contributed by atoms with Gasteiger partial charge in [0.05, 0.1) is 0 Å². The van der Waals surface area contributed by atoms with Gasteiger partial charge >= 0.3 is 0 Å². The second kappa shape index (κ2) is 12.0. The Morgan fingerprint density at radius 3 is 2.55 bits per heavy atom. The maximum atomic E-state index is 7.61. The van der Waals surface area contributed by atoms with Crippen molar-refractivity contribution >= 4 is 24.9 Å². The van der Waals surface area contributed by atoms with E-state index in [9.17, 15) is 0 Å². The standard InChI is InChI=1S/C30H37N3/c1-9-12-13-15-20(4)26(11-3)25(14-10-2)18-28-23(7)32-30-27(28)17-16-21(5)29(22(6)19-31)24(8)33-30/h11,13-19,31H,3,6-7,9-10,12H2,1-2,4-5,8H3,(H,32,33)/b15-13-,25-14-,26-20+,28-18+,31-19?. The summed E-state index contributed by atoms with van der Waals surface area (Å²) in [7, 11) is 0. The molecule has 1 aromatic rings. The van der Waals surface area contributed by atoms with Crippen molar-refractivity contribution < 1.29 is 0 Å². The number of hydrogen-bond acceptors (Lipinski definition) is 2. The summed E-state index contributed by atoms with van der Waals surface area (Å²) in [6.07, 6.45) is 19.3. The first-order valence-corrected chi connectivity index (χ1v) is 11.6. The number of unbranched alkanes of at least 4 members (excludes halogenated alkanes) is 1. The van der Waals surface area contributed by atoms with Crippen LogP contribution in [-0.4, -0.2) is 11.2 Å². The third-order valence-electron chi connectivity index (χ3n) is 5.66. The molecule has 3 heteroatoms. The average Bonchev–Trinajstić information content (AvgIpc) is 3.05. The van der Waals surface area contributed by atoms with Gasteiger partial charge in [-0.3, -0.25) is 0 Å². The number of fused-ring (bicyclic) bond motifs is 1.